The molecule has 0 fully saturated rings. The normalized spacial score (nSPS) is 15.0. The van der Waals surface area contributed by atoms with Crippen molar-refractivity contribution in [2.75, 3.05) is 0 Å². The number of carbonyl (C=O) groups excluding carboxylic acids is 2. The van der Waals surface area contributed by atoms with Crippen molar-refractivity contribution >= 4 is 23.4 Å². The number of halogens is 1. The maximum absolute atomic E-state index is 11.5. The quantitative estimate of drug-likeness (QED) is 0.397. The van der Waals surface area contributed by atoms with Crippen molar-refractivity contribution in [2.45, 2.75) is 26.2 Å². The molecule has 0 saturated carbocycles. The Morgan fingerprint density at radius 3 is 2.38 bits per heavy atom. The molecule has 0 aromatic heterocycles. The van der Waals surface area contributed by atoms with Crippen LogP contribution in [0.1, 0.15) is 36.7 Å². The topological polar surface area (TPSA) is 43.4 Å². The molecule has 0 saturated heterocycles. The van der Waals surface area contributed by atoms with E-state index in [1.165, 1.54) is 0 Å². The first kappa shape index (κ1) is 11.1. The van der Waals surface area contributed by atoms with E-state index in [1.54, 1.807) is 12.1 Å². The lowest BCUT2D eigenvalue weighted by atomic mass is 9.85. The molecule has 0 amide bonds. The lowest BCUT2D eigenvalue weighted by molar-refractivity contribution is -0.128. The summed E-state index contributed by atoms with van der Waals surface area (Å²) in [5, 5.41) is 0.263. The number of Topliss-reactive ketones (excluding diaryl/α,β-unsaturated/α-hetero) is 1. The second-order valence-electron chi connectivity index (χ2n) is 4.77. The van der Waals surface area contributed by atoms with E-state index in [0.29, 0.717) is 5.75 Å². The van der Waals surface area contributed by atoms with Crippen molar-refractivity contribution in [3.05, 3.63) is 28.3 Å². The first-order valence-corrected chi connectivity index (χ1v) is 5.29. The van der Waals surface area contributed by atoms with Crippen LogP contribution in [0.4, 0.5) is 0 Å². The van der Waals surface area contributed by atoms with Crippen LogP contribution in [0.2, 0.25) is 5.02 Å². The monoisotopic (exact) mass is 238 g/mol. The molecule has 0 spiro atoms. The average molecular weight is 239 g/mol. The van der Waals surface area contributed by atoms with E-state index in [1.807, 2.05) is 20.8 Å². The van der Waals surface area contributed by atoms with Gasteiger partial charge in [0, 0.05) is 5.56 Å². The lowest BCUT2D eigenvalue weighted by Gasteiger charge is -2.21. The van der Waals surface area contributed by atoms with Gasteiger partial charge in [0.25, 0.3) is 5.78 Å². The van der Waals surface area contributed by atoms with Crippen molar-refractivity contribution in [3.8, 4) is 5.75 Å². The molecule has 1 aromatic rings. The number of carbonyl (C=O) groups is 2. The number of hydrogen-bond acceptors (Lipinski definition) is 3. The Labute approximate surface area is 98.4 Å². The molecular formula is C12H11ClO3. The Kier molecular flexibility index (Phi) is 2.31. The first-order valence-electron chi connectivity index (χ1n) is 4.92. The van der Waals surface area contributed by atoms with Gasteiger partial charge in [-0.2, -0.15) is 0 Å². The molecule has 1 aliphatic heterocycles. The third-order valence-corrected chi connectivity index (χ3v) is 2.84. The summed E-state index contributed by atoms with van der Waals surface area (Å²) in [5.74, 6) is -1.20. The van der Waals surface area contributed by atoms with E-state index < -0.39 is 11.8 Å². The van der Waals surface area contributed by atoms with Crippen LogP contribution in [-0.4, -0.2) is 11.8 Å². The highest BCUT2D eigenvalue weighted by molar-refractivity contribution is 6.48. The summed E-state index contributed by atoms with van der Waals surface area (Å²) in [4.78, 5) is 22.8. The molecule has 0 radical (unpaired) electrons. The van der Waals surface area contributed by atoms with Crippen LogP contribution in [0.15, 0.2) is 12.1 Å². The molecule has 0 unspecified atom stereocenters. The fourth-order valence-electron chi connectivity index (χ4n) is 1.71. The summed E-state index contributed by atoms with van der Waals surface area (Å²) in [5.41, 5.74) is 0.796. The smallest absolute Gasteiger partial charge is 0.385 e. The summed E-state index contributed by atoms with van der Waals surface area (Å²) < 4.78 is 4.98. The van der Waals surface area contributed by atoms with Crippen molar-refractivity contribution in [1.29, 1.82) is 0 Å². The van der Waals surface area contributed by atoms with Crippen molar-refractivity contribution < 1.29 is 14.3 Å². The Balaban J connectivity index is 2.73. The first-order chi connectivity index (χ1) is 7.32. The summed E-state index contributed by atoms with van der Waals surface area (Å²) >= 11 is 5.90. The van der Waals surface area contributed by atoms with Gasteiger partial charge in [-0.1, -0.05) is 38.4 Å². The Morgan fingerprint density at radius 1 is 1.19 bits per heavy atom. The van der Waals surface area contributed by atoms with E-state index in [4.69, 9.17) is 16.3 Å². The number of hydrogen-bond donors (Lipinski definition) is 0. The third kappa shape index (κ3) is 1.52. The molecule has 0 aliphatic carbocycles. The molecule has 0 atom stereocenters. The molecule has 3 nitrogen and oxygen atoms in total. The summed E-state index contributed by atoms with van der Waals surface area (Å²) in [6.07, 6.45) is 0. The van der Waals surface area contributed by atoms with Crippen LogP contribution in [-0.2, 0) is 10.2 Å². The summed E-state index contributed by atoms with van der Waals surface area (Å²) in [7, 11) is 0. The Morgan fingerprint density at radius 2 is 1.81 bits per heavy atom. The van der Waals surface area contributed by atoms with Crippen molar-refractivity contribution in [2.24, 2.45) is 0 Å². The average Bonchev–Trinajstić information content (AvgIpc) is 2.42. The molecule has 84 valence electrons. The predicted molar refractivity (Wildman–Crippen MR) is 60.1 cm³/mol. The van der Waals surface area contributed by atoms with E-state index in [0.717, 1.165) is 5.56 Å². The Hall–Kier alpha value is -1.35. The number of ether oxygens (including phenoxy) is 1. The van der Waals surface area contributed by atoms with Gasteiger partial charge in [0.1, 0.15) is 5.75 Å². The zero-order valence-electron chi connectivity index (χ0n) is 9.26. The van der Waals surface area contributed by atoms with Gasteiger partial charge >= 0.3 is 5.97 Å². The minimum Gasteiger partial charge on any atom is -0.419 e. The van der Waals surface area contributed by atoms with Gasteiger partial charge in [-0.25, -0.2) is 4.79 Å². The number of fused-ring (bicyclic) bond motifs is 1. The van der Waals surface area contributed by atoms with Crippen LogP contribution >= 0.6 is 11.6 Å². The number of benzene rings is 1. The van der Waals surface area contributed by atoms with Gasteiger partial charge < -0.3 is 4.74 Å². The third-order valence-electron chi connectivity index (χ3n) is 2.52. The standard InChI is InChI=1S/C12H11ClO3/c1-12(2,3)6-4-5-7(13)8-9(14)11(15)16-10(6)8/h4-5H,1-3H3. The highest BCUT2D eigenvalue weighted by atomic mass is 35.5. The minimum atomic E-state index is -0.853. The molecule has 0 N–H and O–H groups in total. The van der Waals surface area contributed by atoms with Crippen molar-refractivity contribution in [3.63, 3.8) is 0 Å². The van der Waals surface area contributed by atoms with Gasteiger partial charge in [0.2, 0.25) is 0 Å². The highest BCUT2D eigenvalue weighted by Gasteiger charge is 2.37. The van der Waals surface area contributed by atoms with Gasteiger partial charge in [-0.05, 0) is 11.5 Å². The Bertz CT molecular complexity index is 498. The van der Waals surface area contributed by atoms with Gasteiger partial charge in [-0.15, -0.1) is 0 Å². The summed E-state index contributed by atoms with van der Waals surface area (Å²) in [6.45, 7) is 5.94. The highest BCUT2D eigenvalue weighted by Crippen LogP contribution is 2.40. The maximum Gasteiger partial charge on any atom is 0.385 e. The van der Waals surface area contributed by atoms with Crippen molar-refractivity contribution in [1.82, 2.24) is 0 Å². The van der Waals surface area contributed by atoms with Gasteiger partial charge in [0.15, 0.2) is 0 Å². The predicted octanol–water partition coefficient (Wildman–Crippen LogP) is 2.74. The molecule has 1 heterocycles. The number of esters is 1. The van der Waals surface area contributed by atoms with Gasteiger partial charge in [0.05, 0.1) is 10.6 Å². The zero-order valence-corrected chi connectivity index (χ0v) is 10.0. The largest absolute Gasteiger partial charge is 0.419 e. The summed E-state index contributed by atoms with van der Waals surface area (Å²) in [6, 6.07) is 3.41. The van der Waals surface area contributed by atoms with Crippen LogP contribution < -0.4 is 4.74 Å². The van der Waals surface area contributed by atoms with Crippen LogP contribution in [0, 0.1) is 0 Å². The number of rotatable bonds is 0. The van der Waals surface area contributed by atoms with E-state index in [2.05, 4.69) is 0 Å². The fourth-order valence-corrected chi connectivity index (χ4v) is 1.94. The molecule has 16 heavy (non-hydrogen) atoms. The zero-order chi connectivity index (χ0) is 12.1. The minimum absolute atomic E-state index is 0.194. The molecule has 1 aliphatic rings. The number of ketones is 1. The van der Waals surface area contributed by atoms with E-state index in [-0.39, 0.29) is 16.0 Å². The molecule has 4 heteroatoms. The van der Waals surface area contributed by atoms with Gasteiger partial charge in [-0.3, -0.25) is 4.79 Å². The van der Waals surface area contributed by atoms with Crippen LogP contribution in [0.3, 0.4) is 0 Å². The SMILES string of the molecule is CC(C)(C)c1ccc(Cl)c2c1OC(=O)C2=O. The molecule has 2 rings (SSSR count). The second kappa shape index (κ2) is 3.32. The second-order valence-corrected chi connectivity index (χ2v) is 5.17. The molecule has 0 bridgehead atoms. The van der Waals surface area contributed by atoms with E-state index in [9.17, 15) is 9.59 Å². The maximum atomic E-state index is 11.5. The van der Waals surface area contributed by atoms with Crippen LogP contribution in [0.5, 0.6) is 5.75 Å². The van der Waals surface area contributed by atoms with Crippen LogP contribution in [0.25, 0.3) is 0 Å². The lowest BCUT2D eigenvalue weighted by Crippen LogP contribution is -2.13. The fraction of sp³-hybridized carbons (Fsp3) is 0.333. The molecule has 1 aromatic carbocycles. The molecular weight excluding hydrogens is 228 g/mol. The van der Waals surface area contributed by atoms with E-state index >= 15 is 0 Å².